The summed E-state index contributed by atoms with van der Waals surface area (Å²) in [4.78, 5) is 28.7. The first-order valence-electron chi connectivity index (χ1n) is 13.1. The summed E-state index contributed by atoms with van der Waals surface area (Å²) < 4.78 is 28.5. The van der Waals surface area contributed by atoms with E-state index in [4.69, 9.17) is 23.4 Å². The zero-order valence-corrected chi connectivity index (χ0v) is 23.0. The van der Waals surface area contributed by atoms with Crippen molar-refractivity contribution in [3.05, 3.63) is 75.9 Å². The van der Waals surface area contributed by atoms with Crippen LogP contribution in [0.5, 0.6) is 28.7 Å². The van der Waals surface area contributed by atoms with E-state index in [2.05, 4.69) is 0 Å². The van der Waals surface area contributed by atoms with E-state index in [1.165, 1.54) is 27.4 Å². The molecule has 1 aromatic heterocycles. The first-order chi connectivity index (χ1) is 19.9. The largest absolute Gasteiger partial charge is 0.507 e. The van der Waals surface area contributed by atoms with Gasteiger partial charge in [0.05, 0.1) is 34.5 Å². The summed E-state index contributed by atoms with van der Waals surface area (Å²) in [6.45, 7) is 1.67. The maximum Gasteiger partial charge on any atom is 0.223 e. The first-order valence-corrected chi connectivity index (χ1v) is 13.1. The number of rotatable bonds is 8. The Morgan fingerprint density at radius 2 is 1.63 bits per heavy atom. The van der Waals surface area contributed by atoms with Gasteiger partial charge in [0.1, 0.15) is 28.2 Å². The Hall–Kier alpha value is -4.70. The number of carbonyl (C=O) groups is 1. The molecule has 10 heteroatoms. The zero-order valence-electron chi connectivity index (χ0n) is 23.0. The van der Waals surface area contributed by atoms with Crippen molar-refractivity contribution in [2.24, 2.45) is 0 Å². The van der Waals surface area contributed by atoms with Gasteiger partial charge < -0.3 is 38.5 Å². The van der Waals surface area contributed by atoms with Crippen molar-refractivity contribution in [3.63, 3.8) is 0 Å². The van der Waals surface area contributed by atoms with Gasteiger partial charge in [0.25, 0.3) is 0 Å². The summed E-state index contributed by atoms with van der Waals surface area (Å²) in [5.74, 6) is -0.628. The van der Waals surface area contributed by atoms with Gasteiger partial charge in [0, 0.05) is 54.3 Å². The fourth-order valence-electron chi connectivity index (χ4n) is 5.29. The number of benzene rings is 3. The summed E-state index contributed by atoms with van der Waals surface area (Å²) in [6.07, 6.45) is -0.113. The number of methoxy groups -OCH3 is 3. The quantitative estimate of drug-likeness (QED) is 0.324. The molecule has 1 atom stereocenters. The molecule has 1 saturated heterocycles. The third-order valence-electron chi connectivity index (χ3n) is 7.26. The minimum Gasteiger partial charge on any atom is -0.507 e. The number of phenolic OH excluding ortho intramolecular Hbond substituents is 2. The molecule has 0 radical (unpaired) electrons. The first kappa shape index (κ1) is 27.9. The molecule has 2 heterocycles. The van der Waals surface area contributed by atoms with Crippen molar-refractivity contribution in [1.82, 2.24) is 4.90 Å². The lowest BCUT2D eigenvalue weighted by molar-refractivity contribution is -0.135. The van der Waals surface area contributed by atoms with Crippen molar-refractivity contribution >= 4 is 16.9 Å². The Morgan fingerprint density at radius 1 is 0.927 bits per heavy atom. The molecule has 41 heavy (non-hydrogen) atoms. The van der Waals surface area contributed by atoms with E-state index in [1.807, 2.05) is 6.07 Å². The molecule has 0 aliphatic carbocycles. The van der Waals surface area contributed by atoms with Gasteiger partial charge in [0.15, 0.2) is 16.9 Å². The Bertz CT molecular complexity index is 1620. The van der Waals surface area contributed by atoms with Crippen molar-refractivity contribution in [3.8, 4) is 40.1 Å². The highest BCUT2D eigenvalue weighted by atomic mass is 16.5. The number of amides is 1. The molecular formula is C31H31NO9. The van der Waals surface area contributed by atoms with Gasteiger partial charge in [-0.15, -0.1) is 0 Å². The number of hydrogen-bond donors (Lipinski definition) is 2. The van der Waals surface area contributed by atoms with Crippen molar-refractivity contribution in [2.75, 3.05) is 47.6 Å². The standard InChI is InChI=1S/C31H31NO9/c1-37-24-10-9-19(29(38-2)30(24)39-3)20(15-26(36)32-11-13-40-14-12-32)27-21(33)16-22(34)28-23(35)17-25(41-31(27)28)18-7-5-4-6-8-18/h4-10,16-17,20,33-34H,11-15H2,1-3H3/t20-/m0/s1. The maximum atomic E-state index is 13.7. The third kappa shape index (κ3) is 5.26. The summed E-state index contributed by atoms with van der Waals surface area (Å²) in [7, 11) is 4.43. The van der Waals surface area contributed by atoms with Crippen LogP contribution in [-0.4, -0.2) is 68.7 Å². The number of phenols is 2. The molecule has 0 bridgehead atoms. The number of aromatic hydroxyl groups is 2. The van der Waals surface area contributed by atoms with Crippen molar-refractivity contribution < 1.29 is 38.4 Å². The molecule has 0 saturated carbocycles. The van der Waals surface area contributed by atoms with Crippen LogP contribution >= 0.6 is 0 Å². The molecule has 2 N–H and O–H groups in total. The van der Waals surface area contributed by atoms with Crippen LogP contribution in [0, 0.1) is 0 Å². The second-order valence-corrected chi connectivity index (χ2v) is 9.55. The lowest BCUT2D eigenvalue weighted by atomic mass is 9.85. The summed E-state index contributed by atoms with van der Waals surface area (Å²) >= 11 is 0. The second kappa shape index (κ2) is 11.8. The van der Waals surface area contributed by atoms with E-state index in [0.717, 1.165) is 6.07 Å². The molecule has 1 aliphatic heterocycles. The van der Waals surface area contributed by atoms with Gasteiger partial charge in [-0.05, 0) is 6.07 Å². The van der Waals surface area contributed by atoms with Gasteiger partial charge in [-0.25, -0.2) is 0 Å². The molecule has 0 spiro atoms. The third-order valence-corrected chi connectivity index (χ3v) is 7.26. The zero-order chi connectivity index (χ0) is 29.1. The number of hydrogen-bond acceptors (Lipinski definition) is 9. The van der Waals surface area contributed by atoms with E-state index in [-0.39, 0.29) is 46.1 Å². The molecule has 1 fully saturated rings. The smallest absolute Gasteiger partial charge is 0.223 e. The van der Waals surface area contributed by atoms with Crippen molar-refractivity contribution in [1.29, 1.82) is 0 Å². The Morgan fingerprint density at radius 3 is 2.29 bits per heavy atom. The highest BCUT2D eigenvalue weighted by Gasteiger charge is 2.33. The molecule has 0 unspecified atom stereocenters. The van der Waals surface area contributed by atoms with Crippen LogP contribution in [0.15, 0.2) is 63.8 Å². The van der Waals surface area contributed by atoms with E-state index in [0.29, 0.717) is 48.9 Å². The summed E-state index contributed by atoms with van der Waals surface area (Å²) in [5, 5.41) is 22.0. The number of ether oxygens (including phenoxy) is 4. The highest BCUT2D eigenvalue weighted by Crippen LogP contribution is 2.49. The number of carbonyl (C=O) groups excluding carboxylic acids is 1. The van der Waals surface area contributed by atoms with Crippen molar-refractivity contribution in [2.45, 2.75) is 12.3 Å². The average molecular weight is 562 g/mol. The maximum absolute atomic E-state index is 13.7. The van der Waals surface area contributed by atoms with Gasteiger partial charge in [-0.2, -0.15) is 0 Å². The molecule has 5 rings (SSSR count). The highest BCUT2D eigenvalue weighted by molar-refractivity contribution is 5.91. The predicted octanol–water partition coefficient (Wildman–Crippen LogP) is 4.28. The van der Waals surface area contributed by atoms with Gasteiger partial charge >= 0.3 is 0 Å². The number of nitrogens with zero attached hydrogens (tertiary/aromatic N) is 1. The lowest BCUT2D eigenvalue weighted by Gasteiger charge is -2.30. The Balaban J connectivity index is 1.79. The van der Waals surface area contributed by atoms with Gasteiger partial charge in [0.2, 0.25) is 11.7 Å². The minimum atomic E-state index is -0.877. The molecule has 1 aliphatic rings. The van der Waals surface area contributed by atoms with Gasteiger partial charge in [-0.1, -0.05) is 36.4 Å². The van der Waals surface area contributed by atoms with E-state index >= 15 is 0 Å². The number of morpholine rings is 1. The molecule has 4 aromatic rings. The van der Waals surface area contributed by atoms with Gasteiger partial charge in [-0.3, -0.25) is 9.59 Å². The van der Waals surface area contributed by atoms with Crippen LogP contribution < -0.4 is 19.6 Å². The van der Waals surface area contributed by atoms with Crippen LogP contribution in [-0.2, 0) is 9.53 Å². The summed E-state index contributed by atoms with van der Waals surface area (Å²) in [6, 6.07) is 14.8. The van der Waals surface area contributed by atoms with E-state index in [9.17, 15) is 19.8 Å². The lowest BCUT2D eigenvalue weighted by Crippen LogP contribution is -2.41. The normalized spacial score (nSPS) is 14.1. The number of fused-ring (bicyclic) bond motifs is 1. The Labute approximate surface area is 236 Å². The molecule has 10 nitrogen and oxygen atoms in total. The van der Waals surface area contributed by atoms with E-state index < -0.39 is 17.1 Å². The molecule has 1 amide bonds. The predicted molar refractivity (Wildman–Crippen MR) is 151 cm³/mol. The van der Waals surface area contributed by atoms with Crippen LogP contribution in [0.1, 0.15) is 23.5 Å². The van der Waals surface area contributed by atoms with E-state index in [1.54, 1.807) is 41.3 Å². The van der Waals surface area contributed by atoms with Crippen LogP contribution in [0.2, 0.25) is 0 Å². The topological polar surface area (TPSA) is 128 Å². The second-order valence-electron chi connectivity index (χ2n) is 9.55. The minimum absolute atomic E-state index is 0.0366. The monoisotopic (exact) mass is 561 g/mol. The average Bonchev–Trinajstić information content (AvgIpc) is 2.99. The molecular weight excluding hydrogens is 530 g/mol. The fourth-order valence-corrected chi connectivity index (χ4v) is 5.29. The van der Waals surface area contributed by atoms with Crippen LogP contribution in [0.3, 0.4) is 0 Å². The molecule has 214 valence electrons. The SMILES string of the molecule is COc1ccc([C@H](CC(=O)N2CCOCC2)c2c(O)cc(O)c3c(=O)cc(-c4ccccc4)oc23)c(OC)c1OC. The summed E-state index contributed by atoms with van der Waals surface area (Å²) in [5.41, 5.74) is 0.735. The Kier molecular flexibility index (Phi) is 8.02. The van der Waals surface area contributed by atoms with Crippen LogP contribution in [0.25, 0.3) is 22.3 Å². The fraction of sp³-hybridized carbons (Fsp3) is 0.290. The molecule has 3 aromatic carbocycles. The van der Waals surface area contributed by atoms with Crippen LogP contribution in [0.4, 0.5) is 0 Å².